The maximum atomic E-state index is 13.1. The summed E-state index contributed by atoms with van der Waals surface area (Å²) in [7, 11) is 0. The highest BCUT2D eigenvalue weighted by molar-refractivity contribution is 5.86. The number of hydrogen-bond donors (Lipinski definition) is 4. The van der Waals surface area contributed by atoms with E-state index in [9.17, 15) is 25.2 Å². The lowest BCUT2D eigenvalue weighted by atomic mass is 9.99. The van der Waals surface area contributed by atoms with E-state index in [1.807, 2.05) is 36.4 Å². The van der Waals surface area contributed by atoms with E-state index in [0.29, 0.717) is 17.7 Å². The minimum Gasteiger partial charge on any atom is -0.493 e. The Bertz CT molecular complexity index is 1270. The molecule has 2 aromatic carbocycles. The fraction of sp³-hybridized carbons (Fsp3) is 0.393. The van der Waals surface area contributed by atoms with Crippen LogP contribution in [-0.2, 0) is 11.3 Å². The van der Waals surface area contributed by atoms with Crippen LogP contribution in [0.5, 0.6) is 17.2 Å². The van der Waals surface area contributed by atoms with Crippen LogP contribution in [0.1, 0.15) is 25.3 Å². The largest absolute Gasteiger partial charge is 0.493 e. The maximum Gasteiger partial charge on any atom is 0.383 e. The average Bonchev–Trinajstić information content (AvgIpc) is 2.93. The van der Waals surface area contributed by atoms with Gasteiger partial charge >= 0.3 is 5.63 Å². The smallest absolute Gasteiger partial charge is 0.383 e. The molecule has 1 aliphatic heterocycles. The Morgan fingerprint density at radius 3 is 2.47 bits per heavy atom. The van der Waals surface area contributed by atoms with Crippen molar-refractivity contribution >= 4 is 11.0 Å². The van der Waals surface area contributed by atoms with Crippen molar-refractivity contribution in [3.63, 3.8) is 0 Å². The van der Waals surface area contributed by atoms with Crippen molar-refractivity contribution in [3.8, 4) is 17.2 Å². The molecule has 0 radical (unpaired) electrons. The summed E-state index contributed by atoms with van der Waals surface area (Å²) in [4.78, 5) is 13.1. The van der Waals surface area contributed by atoms with Crippen LogP contribution in [0.2, 0.25) is 0 Å². The molecule has 0 aliphatic carbocycles. The summed E-state index contributed by atoms with van der Waals surface area (Å²) in [5.41, 5.74) is 0.106. The van der Waals surface area contributed by atoms with E-state index >= 15 is 0 Å². The summed E-state index contributed by atoms with van der Waals surface area (Å²) in [5, 5.41) is 40.5. The zero-order valence-electron chi connectivity index (χ0n) is 20.9. The van der Waals surface area contributed by atoms with Crippen molar-refractivity contribution < 1.29 is 43.8 Å². The summed E-state index contributed by atoms with van der Waals surface area (Å²) >= 11 is 0. The third kappa shape index (κ3) is 6.35. The molecule has 4 rings (SSSR count). The first kappa shape index (κ1) is 27.6. The van der Waals surface area contributed by atoms with Crippen molar-refractivity contribution in [2.45, 2.75) is 57.1 Å². The van der Waals surface area contributed by atoms with Crippen LogP contribution in [0, 0.1) is 0 Å². The molecule has 10 nitrogen and oxygen atoms in total. The van der Waals surface area contributed by atoms with Crippen LogP contribution in [0.15, 0.2) is 69.9 Å². The van der Waals surface area contributed by atoms with Gasteiger partial charge in [0.25, 0.3) is 5.75 Å². The predicted octanol–water partition coefficient (Wildman–Crippen LogP) is 2.29. The summed E-state index contributed by atoms with van der Waals surface area (Å²) in [5.74, 6) is 0.146. The zero-order valence-corrected chi connectivity index (χ0v) is 20.9. The number of fused-ring (bicyclic) bond motifs is 1. The Morgan fingerprint density at radius 1 is 0.947 bits per heavy atom. The molecule has 0 bridgehead atoms. The number of aliphatic hydroxyl groups is 4. The fourth-order valence-electron chi connectivity index (χ4n) is 4.01. The third-order valence-corrected chi connectivity index (χ3v) is 6.06. The topological polar surface area (TPSA) is 148 Å². The van der Waals surface area contributed by atoms with Crippen molar-refractivity contribution in [1.29, 1.82) is 0 Å². The Hall–Kier alpha value is -3.41. The van der Waals surface area contributed by atoms with Crippen LogP contribution >= 0.6 is 0 Å². The molecule has 0 saturated carbocycles. The molecule has 38 heavy (non-hydrogen) atoms. The molecule has 1 saturated heterocycles. The second-order valence-corrected chi connectivity index (χ2v) is 8.81. The Morgan fingerprint density at radius 2 is 1.74 bits per heavy atom. The number of benzene rings is 2. The van der Waals surface area contributed by atoms with Gasteiger partial charge in [0.1, 0.15) is 42.4 Å². The van der Waals surface area contributed by atoms with Gasteiger partial charge in [-0.3, -0.25) is 0 Å². The van der Waals surface area contributed by atoms with Gasteiger partial charge in [0.15, 0.2) is 5.75 Å². The van der Waals surface area contributed by atoms with Gasteiger partial charge in [0.05, 0.1) is 18.6 Å². The second-order valence-electron chi connectivity index (χ2n) is 8.81. The van der Waals surface area contributed by atoms with E-state index in [1.54, 1.807) is 18.2 Å². The molecular formula is C28H32O10. The van der Waals surface area contributed by atoms with Crippen LogP contribution in [0.4, 0.5) is 0 Å². The highest BCUT2D eigenvalue weighted by atomic mass is 16.7. The van der Waals surface area contributed by atoms with Gasteiger partial charge < -0.3 is 43.8 Å². The van der Waals surface area contributed by atoms with Crippen LogP contribution < -0.4 is 19.8 Å². The molecule has 0 spiro atoms. The molecular weight excluding hydrogens is 496 g/mol. The zero-order chi connectivity index (χ0) is 27.1. The minimum absolute atomic E-state index is 0.0366. The standard InChI is InChI=1S/C28H32O10/c1-2-3-4-8-13-34-18-11-12-19-20(14-18)36-27(33)26(25(19)35-16-17-9-6-5-7-10-17)38-28-24(32)23(31)22(30)21(15-29)37-28/h3-7,9-12,14,21-24,28-32H,2,8,13,15-16H2,1H3/b4-3+/t21-,22-,23+,24+,28-/m1/s1. The fourth-order valence-corrected chi connectivity index (χ4v) is 4.01. The summed E-state index contributed by atoms with van der Waals surface area (Å²) < 4.78 is 28.4. The van der Waals surface area contributed by atoms with Crippen LogP contribution in [0.3, 0.4) is 0 Å². The van der Waals surface area contributed by atoms with Crippen molar-refractivity contribution in [2.75, 3.05) is 13.2 Å². The quantitative estimate of drug-likeness (QED) is 0.166. The number of aliphatic hydroxyl groups excluding tert-OH is 4. The first-order valence-corrected chi connectivity index (χ1v) is 12.5. The normalized spacial score (nSPS) is 23.6. The van der Waals surface area contributed by atoms with Crippen LogP contribution in [-0.4, -0.2) is 64.3 Å². The summed E-state index contributed by atoms with van der Waals surface area (Å²) in [6, 6.07) is 14.2. The van der Waals surface area contributed by atoms with Gasteiger partial charge in [-0.05, 0) is 30.5 Å². The molecule has 0 unspecified atom stereocenters. The second kappa shape index (κ2) is 12.9. The van der Waals surface area contributed by atoms with E-state index in [2.05, 4.69) is 13.0 Å². The summed E-state index contributed by atoms with van der Waals surface area (Å²) in [6.07, 6.45) is -2.03. The molecule has 5 atom stereocenters. The molecule has 10 heteroatoms. The maximum absolute atomic E-state index is 13.1. The first-order chi connectivity index (χ1) is 18.4. The molecule has 1 fully saturated rings. The Kier molecular flexibility index (Phi) is 9.38. The highest BCUT2D eigenvalue weighted by Crippen LogP contribution is 2.37. The summed E-state index contributed by atoms with van der Waals surface area (Å²) in [6.45, 7) is 1.94. The average molecular weight is 529 g/mol. The van der Waals surface area contributed by atoms with E-state index in [0.717, 1.165) is 18.4 Å². The molecule has 1 aliphatic rings. The van der Waals surface area contributed by atoms with Gasteiger partial charge in [-0.15, -0.1) is 0 Å². The van der Waals surface area contributed by atoms with Crippen molar-refractivity contribution in [3.05, 3.63) is 76.7 Å². The number of hydrogen-bond acceptors (Lipinski definition) is 10. The lowest BCUT2D eigenvalue weighted by molar-refractivity contribution is -0.278. The SMILES string of the molecule is CC/C=C/CCOc1ccc2c(OCc3ccccc3)c(O[C@H]3O[C@H](CO)[C@@H](O)[C@H](O)[C@@H]3O)c(=O)oc2c1. The molecule has 204 valence electrons. The van der Waals surface area contributed by atoms with Gasteiger partial charge in [-0.1, -0.05) is 49.4 Å². The lowest BCUT2D eigenvalue weighted by Gasteiger charge is -2.39. The molecule has 3 aromatic rings. The third-order valence-electron chi connectivity index (χ3n) is 6.06. The molecule has 4 N–H and O–H groups in total. The van der Waals surface area contributed by atoms with Crippen molar-refractivity contribution in [2.24, 2.45) is 0 Å². The van der Waals surface area contributed by atoms with Gasteiger partial charge in [0.2, 0.25) is 6.29 Å². The number of ether oxygens (including phenoxy) is 4. The number of rotatable bonds is 11. The highest BCUT2D eigenvalue weighted by Gasteiger charge is 2.45. The van der Waals surface area contributed by atoms with Gasteiger partial charge in [-0.2, -0.15) is 0 Å². The Labute approximate surface area is 219 Å². The van der Waals surface area contributed by atoms with E-state index in [1.165, 1.54) is 0 Å². The van der Waals surface area contributed by atoms with Crippen molar-refractivity contribution in [1.82, 2.24) is 0 Å². The Balaban J connectivity index is 1.67. The lowest BCUT2D eigenvalue weighted by Crippen LogP contribution is -2.60. The van der Waals surface area contributed by atoms with Gasteiger partial charge in [0, 0.05) is 6.07 Å². The van der Waals surface area contributed by atoms with E-state index in [4.69, 9.17) is 23.4 Å². The van der Waals surface area contributed by atoms with E-state index < -0.39 is 48.7 Å². The van der Waals surface area contributed by atoms with Crippen LogP contribution in [0.25, 0.3) is 11.0 Å². The molecule has 2 heterocycles. The molecule has 0 amide bonds. The minimum atomic E-state index is -1.72. The first-order valence-electron chi connectivity index (χ1n) is 12.5. The number of allylic oxidation sites excluding steroid dienone is 1. The molecule has 1 aromatic heterocycles. The monoisotopic (exact) mass is 528 g/mol. The van der Waals surface area contributed by atoms with Gasteiger partial charge in [-0.25, -0.2) is 4.79 Å². The van der Waals surface area contributed by atoms with E-state index in [-0.39, 0.29) is 17.9 Å². The predicted molar refractivity (Wildman–Crippen MR) is 137 cm³/mol.